The molecule has 0 amide bonds. The summed E-state index contributed by atoms with van der Waals surface area (Å²) in [5.41, 5.74) is 0. The first-order valence-corrected chi connectivity index (χ1v) is 7.75. The molecular formula is C13H32O9S. The third-order valence-electron chi connectivity index (χ3n) is 2.25. The van der Waals surface area contributed by atoms with Crippen LogP contribution in [0.15, 0.2) is 0 Å². The molecule has 10 heteroatoms. The molecule has 144 valence electrons. The molecule has 0 aromatic heterocycles. The van der Waals surface area contributed by atoms with E-state index >= 15 is 0 Å². The third kappa shape index (κ3) is 44.9. The van der Waals surface area contributed by atoms with Crippen LogP contribution in [0.5, 0.6) is 0 Å². The molecule has 2 atom stereocenters. The van der Waals surface area contributed by atoms with Crippen molar-refractivity contribution in [3.8, 4) is 0 Å². The summed E-state index contributed by atoms with van der Waals surface area (Å²) in [6.07, 6.45) is 1.57. The van der Waals surface area contributed by atoms with Crippen LogP contribution in [-0.4, -0.2) is 53.9 Å². The number of carboxylic acids is 1. The number of carbonyl (C=O) groups is 2. The third-order valence-corrected chi connectivity index (χ3v) is 2.25. The van der Waals surface area contributed by atoms with Crippen LogP contribution >= 0.6 is 0 Å². The lowest BCUT2D eigenvalue weighted by atomic mass is 10.1. The van der Waals surface area contributed by atoms with Crippen molar-refractivity contribution in [2.24, 2.45) is 11.8 Å². The van der Waals surface area contributed by atoms with Gasteiger partial charge in [0.2, 0.25) is 0 Å². The fourth-order valence-corrected chi connectivity index (χ4v) is 0.542. The van der Waals surface area contributed by atoms with Gasteiger partial charge in [0, 0.05) is 7.11 Å². The Morgan fingerprint density at radius 2 is 1.26 bits per heavy atom. The molecule has 2 unspecified atom stereocenters. The first-order chi connectivity index (χ1) is 9.90. The number of aliphatic hydroxyl groups excluding tert-OH is 1. The predicted molar refractivity (Wildman–Crippen MR) is 87.6 cm³/mol. The SMILES string of the molecule is C.CCC(C)C(=O)O.CCC(C)C(=O)OC.CO.O=S(=O)(O)O. The summed E-state index contributed by atoms with van der Waals surface area (Å²) in [4.78, 5) is 20.5. The van der Waals surface area contributed by atoms with E-state index in [-0.39, 0.29) is 25.2 Å². The maximum atomic E-state index is 10.5. The van der Waals surface area contributed by atoms with Gasteiger partial charge in [0.15, 0.2) is 0 Å². The number of methoxy groups -OCH3 is 1. The van der Waals surface area contributed by atoms with Crippen molar-refractivity contribution in [1.82, 2.24) is 0 Å². The smallest absolute Gasteiger partial charge is 0.394 e. The zero-order chi connectivity index (χ0) is 18.9. The van der Waals surface area contributed by atoms with Crippen molar-refractivity contribution in [2.45, 2.75) is 48.0 Å². The first kappa shape index (κ1) is 33.4. The minimum absolute atomic E-state index is 0. The standard InChI is InChI=1S/C6H12O2.C5H10O2.CH4O.CH4.H2O4S/c1-4-5(2)6(7)8-3;1-3-4(2)5(6)7;1-2;;1-5(2,3)4/h5H,4H2,1-3H3;4H,3H2,1-2H3,(H,6,7);2H,1H3;1H4;(H2,1,2,3,4). The summed E-state index contributed by atoms with van der Waals surface area (Å²) in [6, 6.07) is 0. The summed E-state index contributed by atoms with van der Waals surface area (Å²) in [5, 5.41) is 15.2. The molecule has 0 radical (unpaired) electrons. The van der Waals surface area contributed by atoms with E-state index in [0.717, 1.165) is 20.0 Å². The van der Waals surface area contributed by atoms with E-state index in [4.69, 9.17) is 27.7 Å². The minimum atomic E-state index is -4.67. The molecule has 0 saturated heterocycles. The van der Waals surface area contributed by atoms with Gasteiger partial charge in [-0.3, -0.25) is 18.7 Å². The van der Waals surface area contributed by atoms with Crippen LogP contribution in [0, 0.1) is 11.8 Å². The van der Waals surface area contributed by atoms with Crippen LogP contribution < -0.4 is 0 Å². The van der Waals surface area contributed by atoms with Crippen LogP contribution in [0.4, 0.5) is 0 Å². The number of hydrogen-bond donors (Lipinski definition) is 4. The van der Waals surface area contributed by atoms with Gasteiger partial charge in [0.1, 0.15) is 0 Å². The van der Waals surface area contributed by atoms with Gasteiger partial charge in [-0.25, -0.2) is 0 Å². The van der Waals surface area contributed by atoms with Gasteiger partial charge >= 0.3 is 22.3 Å². The summed E-state index contributed by atoms with van der Waals surface area (Å²) in [5.74, 6) is -0.949. The van der Waals surface area contributed by atoms with Crippen LogP contribution in [0.25, 0.3) is 0 Å². The minimum Gasteiger partial charge on any atom is -0.481 e. The van der Waals surface area contributed by atoms with E-state index in [1.54, 1.807) is 6.92 Å². The number of rotatable bonds is 4. The quantitative estimate of drug-likeness (QED) is 0.431. The van der Waals surface area contributed by atoms with Crippen molar-refractivity contribution in [3.05, 3.63) is 0 Å². The Morgan fingerprint density at radius 1 is 1.00 bits per heavy atom. The van der Waals surface area contributed by atoms with Crippen molar-refractivity contribution < 1.29 is 42.1 Å². The second kappa shape index (κ2) is 20.8. The lowest BCUT2D eigenvalue weighted by molar-refractivity contribution is -0.145. The molecule has 0 aromatic carbocycles. The Labute approximate surface area is 139 Å². The average molecular weight is 364 g/mol. The number of hydrogen-bond acceptors (Lipinski definition) is 6. The van der Waals surface area contributed by atoms with Gasteiger partial charge in [-0.05, 0) is 12.8 Å². The highest BCUT2D eigenvalue weighted by Gasteiger charge is 2.08. The topological polar surface area (TPSA) is 158 Å². The molecular weight excluding hydrogens is 332 g/mol. The van der Waals surface area contributed by atoms with Gasteiger partial charge in [-0.15, -0.1) is 0 Å². The number of aliphatic hydroxyl groups is 1. The molecule has 0 rings (SSSR count). The molecule has 0 aliphatic carbocycles. The molecule has 0 saturated carbocycles. The van der Waals surface area contributed by atoms with E-state index in [0.29, 0.717) is 0 Å². The van der Waals surface area contributed by atoms with Crippen LogP contribution in [-0.2, 0) is 24.7 Å². The van der Waals surface area contributed by atoms with Gasteiger partial charge in [0.05, 0.1) is 18.9 Å². The van der Waals surface area contributed by atoms with Gasteiger partial charge in [-0.1, -0.05) is 35.1 Å². The van der Waals surface area contributed by atoms with E-state index < -0.39 is 16.4 Å². The highest BCUT2D eigenvalue weighted by atomic mass is 32.3. The first-order valence-electron chi connectivity index (χ1n) is 6.35. The molecule has 0 fully saturated rings. The number of carbonyl (C=O) groups excluding carboxylic acids is 1. The highest BCUT2D eigenvalue weighted by molar-refractivity contribution is 7.79. The molecule has 0 aliphatic heterocycles. The molecule has 0 bridgehead atoms. The fourth-order valence-electron chi connectivity index (χ4n) is 0.542. The molecule has 0 aromatic rings. The highest BCUT2D eigenvalue weighted by Crippen LogP contribution is 2.00. The average Bonchev–Trinajstić information content (AvgIpc) is 2.45. The van der Waals surface area contributed by atoms with E-state index in [1.807, 2.05) is 20.8 Å². The Kier molecular flexibility index (Phi) is 30.2. The summed E-state index contributed by atoms with van der Waals surface area (Å²) in [7, 11) is -2.26. The second-order valence-electron chi connectivity index (χ2n) is 3.93. The Balaban J connectivity index is -0.0000000667. The van der Waals surface area contributed by atoms with Crippen molar-refractivity contribution in [2.75, 3.05) is 14.2 Å². The lowest BCUT2D eigenvalue weighted by Gasteiger charge is -2.02. The predicted octanol–water partition coefficient (Wildman–Crippen LogP) is 1.91. The zero-order valence-electron chi connectivity index (χ0n) is 13.8. The number of carboxylic acid groups (broad SMARTS) is 1. The van der Waals surface area contributed by atoms with E-state index in [2.05, 4.69) is 4.74 Å². The van der Waals surface area contributed by atoms with Gasteiger partial charge in [-0.2, -0.15) is 8.42 Å². The lowest BCUT2D eigenvalue weighted by Crippen LogP contribution is -2.10. The molecule has 0 heterocycles. The van der Waals surface area contributed by atoms with Crippen LogP contribution in [0.2, 0.25) is 0 Å². The van der Waals surface area contributed by atoms with Crippen LogP contribution in [0.1, 0.15) is 48.0 Å². The molecule has 0 aliphatic rings. The van der Waals surface area contributed by atoms with Gasteiger partial charge in [0.25, 0.3) is 0 Å². The summed E-state index contributed by atoms with van der Waals surface area (Å²) >= 11 is 0. The Hall–Kier alpha value is -1.23. The Morgan fingerprint density at radius 3 is 1.30 bits per heavy atom. The molecule has 4 N–H and O–H groups in total. The van der Waals surface area contributed by atoms with Crippen LogP contribution in [0.3, 0.4) is 0 Å². The Bertz CT molecular complexity index is 358. The van der Waals surface area contributed by atoms with E-state index in [9.17, 15) is 9.59 Å². The fraction of sp³-hybridized carbons (Fsp3) is 0.846. The van der Waals surface area contributed by atoms with Crippen molar-refractivity contribution >= 4 is 22.3 Å². The molecule has 9 nitrogen and oxygen atoms in total. The maximum absolute atomic E-state index is 10.5. The monoisotopic (exact) mass is 364 g/mol. The van der Waals surface area contributed by atoms with Gasteiger partial charge < -0.3 is 14.9 Å². The summed E-state index contributed by atoms with van der Waals surface area (Å²) in [6.45, 7) is 7.37. The number of aliphatic carboxylic acids is 1. The van der Waals surface area contributed by atoms with E-state index in [1.165, 1.54) is 7.11 Å². The number of ether oxygens (including phenoxy) is 1. The largest absolute Gasteiger partial charge is 0.481 e. The summed E-state index contributed by atoms with van der Waals surface area (Å²) < 4.78 is 36.0. The maximum Gasteiger partial charge on any atom is 0.394 e. The molecule has 23 heavy (non-hydrogen) atoms. The normalized spacial score (nSPS) is 11.3. The zero-order valence-corrected chi connectivity index (χ0v) is 14.6. The van der Waals surface area contributed by atoms with Crippen molar-refractivity contribution in [1.29, 1.82) is 0 Å². The second-order valence-corrected chi connectivity index (χ2v) is 4.82. The van der Waals surface area contributed by atoms with Crippen molar-refractivity contribution in [3.63, 3.8) is 0 Å². The molecule has 0 spiro atoms. The number of esters is 1.